The number of aromatic hydroxyl groups is 2. The van der Waals surface area contributed by atoms with Gasteiger partial charge in [-0.05, 0) is 107 Å². The topological polar surface area (TPSA) is 52.9 Å². The van der Waals surface area contributed by atoms with E-state index in [1.54, 1.807) is 12.1 Å². The molecule has 4 nitrogen and oxygen atoms in total. The zero-order chi connectivity index (χ0) is 23.8. The molecule has 0 radical (unpaired) electrons. The van der Waals surface area contributed by atoms with Crippen LogP contribution >= 0.6 is 0 Å². The predicted molar refractivity (Wildman–Crippen MR) is 140 cm³/mol. The number of nitrogens with zero attached hydrogens (tertiary/aromatic N) is 1. The fourth-order valence-electron chi connectivity index (χ4n) is 5.83. The van der Waals surface area contributed by atoms with Crippen LogP contribution in [0, 0.1) is 0 Å². The number of phenolic OH excluding ortho intramolecular Hbond substituents is 2. The van der Waals surface area contributed by atoms with Crippen LogP contribution in [0.3, 0.4) is 0 Å². The summed E-state index contributed by atoms with van der Waals surface area (Å²) in [5.41, 5.74) is 6.08. The van der Waals surface area contributed by atoms with Crippen LogP contribution in [0.5, 0.6) is 17.2 Å². The van der Waals surface area contributed by atoms with Gasteiger partial charge in [0.1, 0.15) is 23.9 Å². The van der Waals surface area contributed by atoms with Crippen molar-refractivity contribution < 1.29 is 14.9 Å². The molecular weight excluding hydrogens is 434 g/mol. The molecule has 1 atom stereocenters. The summed E-state index contributed by atoms with van der Waals surface area (Å²) >= 11 is 0. The molecule has 0 bridgehead atoms. The van der Waals surface area contributed by atoms with Crippen LogP contribution < -0.4 is 4.74 Å². The van der Waals surface area contributed by atoms with Crippen molar-refractivity contribution >= 4 is 10.8 Å². The molecule has 4 aromatic carbocycles. The number of hydrogen-bond acceptors (Lipinski definition) is 4. The fourth-order valence-corrected chi connectivity index (χ4v) is 5.83. The summed E-state index contributed by atoms with van der Waals surface area (Å²) in [6, 6.07) is 24.0. The quantitative estimate of drug-likeness (QED) is 0.324. The first kappa shape index (κ1) is 22.0. The highest BCUT2D eigenvalue weighted by Gasteiger charge is 2.29. The smallest absolute Gasteiger partial charge is 0.119 e. The first-order chi connectivity index (χ1) is 17.2. The van der Waals surface area contributed by atoms with Crippen LogP contribution in [0.2, 0.25) is 0 Å². The van der Waals surface area contributed by atoms with Gasteiger partial charge in [-0.1, -0.05) is 42.8 Å². The highest BCUT2D eigenvalue weighted by molar-refractivity contribution is 5.90. The van der Waals surface area contributed by atoms with E-state index < -0.39 is 0 Å². The van der Waals surface area contributed by atoms with Crippen molar-refractivity contribution in [1.82, 2.24) is 4.90 Å². The van der Waals surface area contributed by atoms with E-state index in [4.69, 9.17) is 4.74 Å². The van der Waals surface area contributed by atoms with Crippen LogP contribution in [0.1, 0.15) is 53.0 Å². The van der Waals surface area contributed by atoms with E-state index in [0.29, 0.717) is 6.61 Å². The van der Waals surface area contributed by atoms with E-state index in [1.165, 1.54) is 54.6 Å². The van der Waals surface area contributed by atoms with E-state index in [0.717, 1.165) is 35.1 Å². The van der Waals surface area contributed by atoms with Crippen molar-refractivity contribution in [3.05, 3.63) is 101 Å². The molecule has 1 fully saturated rings. The molecular formula is C31H31NO3. The Labute approximate surface area is 206 Å². The highest BCUT2D eigenvalue weighted by atomic mass is 16.5. The maximum absolute atomic E-state index is 10.3. The van der Waals surface area contributed by atoms with Gasteiger partial charge in [-0.15, -0.1) is 0 Å². The molecule has 1 unspecified atom stereocenters. The second-order valence-electron chi connectivity index (χ2n) is 9.86. The van der Waals surface area contributed by atoms with Crippen LogP contribution in [-0.2, 0) is 6.42 Å². The van der Waals surface area contributed by atoms with E-state index in [2.05, 4.69) is 41.3 Å². The molecule has 35 heavy (non-hydrogen) atoms. The molecule has 2 aliphatic rings. The third kappa shape index (κ3) is 4.35. The molecule has 0 aromatic heterocycles. The van der Waals surface area contributed by atoms with Crippen molar-refractivity contribution in [3.63, 3.8) is 0 Å². The number of benzene rings is 4. The minimum absolute atomic E-state index is 0.00325. The zero-order valence-electron chi connectivity index (χ0n) is 19.9. The number of likely N-dealkylation sites (tertiary alicyclic amines) is 1. The minimum atomic E-state index is -0.00325. The third-order valence-electron chi connectivity index (χ3n) is 7.58. The molecule has 0 amide bonds. The summed E-state index contributed by atoms with van der Waals surface area (Å²) in [4.78, 5) is 2.49. The number of rotatable bonds is 5. The minimum Gasteiger partial charge on any atom is -0.508 e. The van der Waals surface area contributed by atoms with Gasteiger partial charge in [0.15, 0.2) is 0 Å². The van der Waals surface area contributed by atoms with Gasteiger partial charge in [0.25, 0.3) is 0 Å². The number of fused-ring (bicyclic) bond motifs is 4. The molecule has 6 rings (SSSR count). The van der Waals surface area contributed by atoms with E-state index in [1.807, 2.05) is 24.3 Å². The van der Waals surface area contributed by atoms with E-state index >= 15 is 0 Å². The lowest BCUT2D eigenvalue weighted by Crippen LogP contribution is -2.33. The first-order valence-corrected chi connectivity index (χ1v) is 12.7. The molecule has 1 aliphatic carbocycles. The molecule has 1 aliphatic heterocycles. The van der Waals surface area contributed by atoms with Crippen molar-refractivity contribution in [1.29, 1.82) is 0 Å². The molecule has 4 aromatic rings. The van der Waals surface area contributed by atoms with Crippen molar-refractivity contribution in [3.8, 4) is 17.2 Å². The van der Waals surface area contributed by atoms with Gasteiger partial charge in [0, 0.05) is 12.5 Å². The van der Waals surface area contributed by atoms with Crippen LogP contribution in [-0.4, -0.2) is 41.4 Å². The molecule has 178 valence electrons. The first-order valence-electron chi connectivity index (χ1n) is 12.7. The Morgan fingerprint density at radius 2 is 1.51 bits per heavy atom. The largest absolute Gasteiger partial charge is 0.508 e. The monoisotopic (exact) mass is 465 g/mol. The number of ether oxygens (including phenoxy) is 1. The normalized spacial score (nSPS) is 17.7. The van der Waals surface area contributed by atoms with Gasteiger partial charge in [0.2, 0.25) is 0 Å². The van der Waals surface area contributed by atoms with Gasteiger partial charge < -0.3 is 14.9 Å². The maximum Gasteiger partial charge on any atom is 0.119 e. The van der Waals surface area contributed by atoms with Gasteiger partial charge >= 0.3 is 0 Å². The predicted octanol–water partition coefficient (Wildman–Crippen LogP) is 6.20. The van der Waals surface area contributed by atoms with E-state index in [9.17, 15) is 10.2 Å². The number of hydrogen-bond donors (Lipinski definition) is 2. The van der Waals surface area contributed by atoms with Crippen LogP contribution in [0.25, 0.3) is 10.8 Å². The molecule has 1 heterocycles. The van der Waals surface area contributed by atoms with Crippen molar-refractivity contribution in [2.45, 2.75) is 31.6 Å². The van der Waals surface area contributed by atoms with Gasteiger partial charge in [-0.25, -0.2) is 0 Å². The maximum atomic E-state index is 10.3. The molecule has 0 saturated carbocycles. The van der Waals surface area contributed by atoms with Crippen molar-refractivity contribution in [2.24, 2.45) is 0 Å². The van der Waals surface area contributed by atoms with Crippen LogP contribution in [0.15, 0.2) is 72.8 Å². The molecule has 0 spiro atoms. The fraction of sp³-hybridized carbons (Fsp3) is 0.290. The Balaban J connectivity index is 1.34. The molecule has 2 N–H and O–H groups in total. The van der Waals surface area contributed by atoms with E-state index in [-0.39, 0.29) is 17.4 Å². The standard InChI is InChI=1S/C31H31NO3/c33-25-10-13-28-23(19-25)4-5-24-18-22-6-9-26(34)20-29(22)30(31(24)28)21-7-11-27(12-8-21)35-17-16-32-14-2-1-3-15-32/h4-13,19-20,30,33-34H,1-3,14-18H2. The summed E-state index contributed by atoms with van der Waals surface area (Å²) in [6.45, 7) is 4.04. The average molecular weight is 466 g/mol. The van der Waals surface area contributed by atoms with Gasteiger partial charge in [-0.2, -0.15) is 0 Å². The number of piperidine rings is 1. The average Bonchev–Trinajstić information content (AvgIpc) is 2.88. The second kappa shape index (κ2) is 9.27. The summed E-state index contributed by atoms with van der Waals surface area (Å²) < 4.78 is 6.08. The zero-order valence-corrected chi connectivity index (χ0v) is 19.9. The second-order valence-corrected chi connectivity index (χ2v) is 9.86. The number of phenols is 2. The Bertz CT molecular complexity index is 1360. The lowest BCUT2D eigenvalue weighted by Gasteiger charge is -2.31. The third-order valence-corrected chi connectivity index (χ3v) is 7.58. The Kier molecular flexibility index (Phi) is 5.83. The summed E-state index contributed by atoms with van der Waals surface area (Å²) in [5.74, 6) is 1.44. The highest BCUT2D eigenvalue weighted by Crippen LogP contribution is 2.45. The Morgan fingerprint density at radius 3 is 2.34 bits per heavy atom. The Hall–Kier alpha value is -3.50. The Morgan fingerprint density at radius 1 is 0.771 bits per heavy atom. The van der Waals surface area contributed by atoms with Gasteiger partial charge in [-0.3, -0.25) is 4.90 Å². The van der Waals surface area contributed by atoms with Crippen molar-refractivity contribution in [2.75, 3.05) is 26.2 Å². The SMILES string of the molecule is Oc1ccc2c(c1)C(c1ccc(OCCN3CCCCC3)cc1)c1c(ccc3cc(O)ccc13)C2. The lowest BCUT2D eigenvalue weighted by atomic mass is 9.73. The van der Waals surface area contributed by atoms with Gasteiger partial charge in [0.05, 0.1) is 0 Å². The molecule has 1 saturated heterocycles. The van der Waals surface area contributed by atoms with Crippen LogP contribution in [0.4, 0.5) is 0 Å². The molecule has 4 heteroatoms. The summed E-state index contributed by atoms with van der Waals surface area (Å²) in [5, 5.41) is 22.6. The lowest BCUT2D eigenvalue weighted by molar-refractivity contribution is 0.183. The summed E-state index contributed by atoms with van der Waals surface area (Å²) in [7, 11) is 0. The summed E-state index contributed by atoms with van der Waals surface area (Å²) in [6.07, 6.45) is 4.77.